The quantitative estimate of drug-likeness (QED) is 0.676. The molecular weight excluding hydrogens is 414 g/mol. The van der Waals surface area contributed by atoms with Gasteiger partial charge in [-0.2, -0.15) is 0 Å². The molecule has 6 heteroatoms. The molecule has 6 nitrogen and oxygen atoms in total. The van der Waals surface area contributed by atoms with Crippen LogP contribution in [0.15, 0.2) is 67.0 Å². The van der Waals surface area contributed by atoms with Crippen LogP contribution in [0.25, 0.3) is 0 Å². The lowest BCUT2D eigenvalue weighted by atomic mass is 9.76. The Labute approximate surface area is 195 Å². The number of carbonyl (C=O) groups is 2. The van der Waals surface area contributed by atoms with Gasteiger partial charge >= 0.3 is 0 Å². The van der Waals surface area contributed by atoms with Crippen LogP contribution in [0.2, 0.25) is 0 Å². The molecule has 2 saturated heterocycles. The molecule has 3 atom stereocenters. The summed E-state index contributed by atoms with van der Waals surface area (Å²) in [5.41, 5.74) is 0.589. The number of benzene rings is 1. The predicted octanol–water partition coefficient (Wildman–Crippen LogP) is 3.55. The molecule has 2 aromatic rings. The second-order valence-corrected chi connectivity index (χ2v) is 9.75. The normalized spacial score (nSPS) is 29.6. The smallest absolute Gasteiger partial charge is 0.257 e. The van der Waals surface area contributed by atoms with Gasteiger partial charge in [-0.25, -0.2) is 0 Å². The van der Waals surface area contributed by atoms with Crippen LogP contribution in [0.1, 0.15) is 43.2 Å². The average molecular weight is 446 g/mol. The monoisotopic (exact) mass is 445 g/mol. The average Bonchev–Trinajstić information content (AvgIpc) is 3.11. The number of carbonyl (C=O) groups excluding carboxylic acids is 2. The van der Waals surface area contributed by atoms with Crippen molar-refractivity contribution in [3.63, 3.8) is 0 Å². The first-order valence-corrected chi connectivity index (χ1v) is 11.8. The number of morpholine rings is 1. The fourth-order valence-electron chi connectivity index (χ4n) is 5.58. The molecule has 2 amide bonds. The molecule has 33 heavy (non-hydrogen) atoms. The largest absolute Gasteiger partial charge is 0.361 e. The van der Waals surface area contributed by atoms with Crippen LogP contribution in [0.3, 0.4) is 0 Å². The van der Waals surface area contributed by atoms with Gasteiger partial charge in [0.05, 0.1) is 18.6 Å². The maximum absolute atomic E-state index is 13.9. The zero-order valence-corrected chi connectivity index (χ0v) is 19.2. The summed E-state index contributed by atoms with van der Waals surface area (Å²) in [6.45, 7) is 4.29. The van der Waals surface area contributed by atoms with Crippen molar-refractivity contribution >= 4 is 11.8 Å². The molecule has 2 aliphatic heterocycles. The van der Waals surface area contributed by atoms with E-state index in [1.165, 1.54) is 0 Å². The maximum atomic E-state index is 13.9. The van der Waals surface area contributed by atoms with E-state index in [0.717, 1.165) is 30.4 Å². The summed E-state index contributed by atoms with van der Waals surface area (Å²) >= 11 is 0. The first-order chi connectivity index (χ1) is 16.0. The van der Waals surface area contributed by atoms with Gasteiger partial charge in [0.15, 0.2) is 5.60 Å². The molecule has 3 heterocycles. The lowest BCUT2D eigenvalue weighted by Crippen LogP contribution is -2.61. The van der Waals surface area contributed by atoms with Crippen molar-refractivity contribution in [3.8, 4) is 0 Å². The minimum atomic E-state index is -1.06. The first kappa shape index (κ1) is 21.8. The summed E-state index contributed by atoms with van der Waals surface area (Å²) in [5.74, 6) is -0.0382. The number of pyridine rings is 1. The van der Waals surface area contributed by atoms with Gasteiger partial charge in [0.1, 0.15) is 0 Å². The molecule has 3 unspecified atom stereocenters. The summed E-state index contributed by atoms with van der Waals surface area (Å²) in [5, 5.41) is 0. The third kappa shape index (κ3) is 3.97. The van der Waals surface area contributed by atoms with Crippen LogP contribution in [0.5, 0.6) is 0 Å². The predicted molar refractivity (Wildman–Crippen MR) is 125 cm³/mol. The number of hydrogen-bond donors (Lipinski definition) is 0. The van der Waals surface area contributed by atoms with E-state index >= 15 is 0 Å². The number of allylic oxidation sites excluding steroid dienone is 2. The van der Waals surface area contributed by atoms with Crippen molar-refractivity contribution in [2.45, 2.75) is 44.2 Å². The van der Waals surface area contributed by atoms with Gasteiger partial charge in [0, 0.05) is 37.9 Å². The van der Waals surface area contributed by atoms with E-state index in [9.17, 15) is 9.59 Å². The number of hydrogen-bond acceptors (Lipinski definition) is 4. The highest BCUT2D eigenvalue weighted by Crippen LogP contribution is 2.44. The minimum absolute atomic E-state index is 0.0357. The van der Waals surface area contributed by atoms with Gasteiger partial charge in [-0.1, -0.05) is 55.5 Å². The van der Waals surface area contributed by atoms with Crippen molar-refractivity contribution in [1.82, 2.24) is 14.8 Å². The third-order valence-corrected chi connectivity index (χ3v) is 7.46. The van der Waals surface area contributed by atoms with E-state index < -0.39 is 11.0 Å². The molecule has 3 aliphatic rings. The minimum Gasteiger partial charge on any atom is -0.361 e. The Morgan fingerprint density at radius 3 is 2.76 bits per heavy atom. The zero-order valence-electron chi connectivity index (χ0n) is 19.2. The van der Waals surface area contributed by atoms with Crippen LogP contribution >= 0.6 is 0 Å². The van der Waals surface area contributed by atoms with E-state index in [-0.39, 0.29) is 17.7 Å². The second-order valence-electron chi connectivity index (χ2n) is 9.75. The van der Waals surface area contributed by atoms with Gasteiger partial charge in [-0.15, -0.1) is 0 Å². The Bertz CT molecular complexity index is 1040. The number of nitrogens with zero attached hydrogens (tertiary/aromatic N) is 3. The molecule has 1 spiro atoms. The lowest BCUT2D eigenvalue weighted by molar-refractivity contribution is -0.172. The molecule has 0 N–H and O–H groups in total. The maximum Gasteiger partial charge on any atom is 0.257 e. The molecule has 0 radical (unpaired) electrons. The third-order valence-electron chi connectivity index (χ3n) is 7.46. The van der Waals surface area contributed by atoms with Gasteiger partial charge < -0.3 is 14.5 Å². The number of likely N-dealkylation sites (tertiary alicyclic amines) is 1. The molecule has 0 bridgehead atoms. The highest BCUT2D eigenvalue weighted by Gasteiger charge is 2.58. The van der Waals surface area contributed by atoms with Crippen molar-refractivity contribution in [3.05, 3.63) is 78.1 Å². The van der Waals surface area contributed by atoms with Gasteiger partial charge in [-0.3, -0.25) is 14.6 Å². The summed E-state index contributed by atoms with van der Waals surface area (Å²) in [6, 6.07) is 14.0. The van der Waals surface area contributed by atoms with Gasteiger partial charge in [-0.05, 0) is 36.5 Å². The number of ether oxygens (including phenoxy) is 1. The van der Waals surface area contributed by atoms with Crippen LogP contribution < -0.4 is 0 Å². The first-order valence-electron chi connectivity index (χ1n) is 11.8. The van der Waals surface area contributed by atoms with E-state index in [1.54, 1.807) is 12.4 Å². The van der Waals surface area contributed by atoms with Crippen LogP contribution in [-0.2, 0) is 20.9 Å². The molecule has 1 aliphatic carbocycles. The number of aromatic nitrogens is 1. The fraction of sp³-hybridized carbons (Fsp3) is 0.444. The Morgan fingerprint density at radius 2 is 2.03 bits per heavy atom. The SMILES string of the molecule is CC1(C(=O)N2CCOC3(C2)C(=O)N(Cc2cccnc2)CC3c2ccccc2)CC=CCC1. The molecule has 0 saturated carbocycles. The van der Waals surface area contributed by atoms with Crippen molar-refractivity contribution in [2.24, 2.45) is 5.41 Å². The van der Waals surface area contributed by atoms with Crippen molar-refractivity contribution in [2.75, 3.05) is 26.2 Å². The molecule has 2 fully saturated rings. The summed E-state index contributed by atoms with van der Waals surface area (Å²) in [7, 11) is 0. The van der Waals surface area contributed by atoms with Crippen LogP contribution in [0, 0.1) is 5.41 Å². The number of amides is 2. The Kier molecular flexibility index (Phi) is 5.79. The highest BCUT2D eigenvalue weighted by atomic mass is 16.5. The van der Waals surface area contributed by atoms with E-state index in [0.29, 0.717) is 32.8 Å². The zero-order chi connectivity index (χ0) is 22.9. The molecule has 5 rings (SSSR count). The van der Waals surface area contributed by atoms with E-state index in [1.807, 2.05) is 40.1 Å². The molecular formula is C27H31N3O3. The summed E-state index contributed by atoms with van der Waals surface area (Å²) in [6.07, 6.45) is 10.3. The molecule has 172 valence electrons. The van der Waals surface area contributed by atoms with Crippen molar-refractivity contribution in [1.29, 1.82) is 0 Å². The second kappa shape index (κ2) is 8.75. The Balaban J connectivity index is 1.46. The van der Waals surface area contributed by atoms with Crippen LogP contribution in [-0.4, -0.2) is 58.4 Å². The van der Waals surface area contributed by atoms with Gasteiger partial charge in [0.25, 0.3) is 5.91 Å². The standard InChI is InChI=1S/C27H31N3O3/c1-26(12-6-3-7-13-26)24(31)29-15-16-33-27(20-29)23(22-10-4-2-5-11-22)19-30(25(27)32)18-21-9-8-14-28-17-21/h2-6,8-11,14,17,23H,7,12-13,15-16,18-20H2,1H3. The van der Waals surface area contributed by atoms with Crippen LogP contribution in [0.4, 0.5) is 0 Å². The van der Waals surface area contributed by atoms with E-state index in [4.69, 9.17) is 4.74 Å². The molecule has 1 aromatic heterocycles. The summed E-state index contributed by atoms with van der Waals surface area (Å²) in [4.78, 5) is 35.5. The topological polar surface area (TPSA) is 62.7 Å². The van der Waals surface area contributed by atoms with Crippen molar-refractivity contribution < 1.29 is 14.3 Å². The Morgan fingerprint density at radius 1 is 1.18 bits per heavy atom. The fourth-order valence-corrected chi connectivity index (χ4v) is 5.58. The Hall–Kier alpha value is -2.99. The highest BCUT2D eigenvalue weighted by molar-refractivity contribution is 5.91. The molecule has 1 aromatic carbocycles. The number of rotatable bonds is 4. The summed E-state index contributed by atoms with van der Waals surface area (Å²) < 4.78 is 6.36. The van der Waals surface area contributed by atoms with E-state index in [2.05, 4.69) is 36.2 Å². The van der Waals surface area contributed by atoms with Gasteiger partial charge in [0.2, 0.25) is 5.91 Å². The lowest BCUT2D eigenvalue weighted by Gasteiger charge is -2.45.